The van der Waals surface area contributed by atoms with Crippen LogP contribution in [0.3, 0.4) is 0 Å². The highest BCUT2D eigenvalue weighted by Crippen LogP contribution is 2.16. The number of esters is 1. The van der Waals surface area contributed by atoms with Crippen LogP contribution in [-0.4, -0.2) is 27.8 Å². The Kier molecular flexibility index (Phi) is 6.23. The molecule has 1 N–H and O–H groups in total. The van der Waals surface area contributed by atoms with Gasteiger partial charge in [-0.3, -0.25) is 9.59 Å². The summed E-state index contributed by atoms with van der Waals surface area (Å²) in [5.41, 5.74) is 0.913. The van der Waals surface area contributed by atoms with E-state index >= 15 is 0 Å². The maximum absolute atomic E-state index is 13.0. The van der Waals surface area contributed by atoms with E-state index in [0.29, 0.717) is 11.3 Å². The predicted molar refractivity (Wildman–Crippen MR) is 104 cm³/mol. The maximum atomic E-state index is 13.0. The van der Waals surface area contributed by atoms with Crippen LogP contribution in [0.5, 0.6) is 0 Å². The second-order valence-electron chi connectivity index (χ2n) is 5.97. The van der Waals surface area contributed by atoms with Gasteiger partial charge in [0, 0.05) is 15.7 Å². The molecule has 150 valence electrons. The van der Waals surface area contributed by atoms with Crippen molar-refractivity contribution in [3.05, 3.63) is 69.4 Å². The van der Waals surface area contributed by atoms with Crippen LogP contribution in [0.25, 0.3) is 11.5 Å². The number of benzene rings is 2. The molecule has 0 fully saturated rings. The summed E-state index contributed by atoms with van der Waals surface area (Å²) in [7, 11) is 0. The molecule has 1 unspecified atom stereocenters. The number of amides is 1. The largest absolute Gasteiger partial charge is 0.451 e. The van der Waals surface area contributed by atoms with E-state index in [1.807, 2.05) is 0 Å². The average Bonchev–Trinajstić information content (AvgIpc) is 3.04. The van der Waals surface area contributed by atoms with Crippen molar-refractivity contribution < 1.29 is 23.1 Å². The summed E-state index contributed by atoms with van der Waals surface area (Å²) < 4.78 is 24.6. The van der Waals surface area contributed by atoms with Crippen LogP contribution in [0.2, 0.25) is 0 Å². The molecule has 1 amide bonds. The second-order valence-corrected chi connectivity index (χ2v) is 6.88. The van der Waals surface area contributed by atoms with E-state index in [0.717, 1.165) is 9.15 Å². The van der Waals surface area contributed by atoms with Gasteiger partial charge in [0.1, 0.15) is 12.4 Å². The lowest BCUT2D eigenvalue weighted by Gasteiger charge is -2.13. The monoisotopic (exact) mass is 463 g/mol. The minimum Gasteiger partial charge on any atom is -0.451 e. The van der Waals surface area contributed by atoms with Crippen LogP contribution in [0.15, 0.2) is 62.2 Å². The number of hydrogen-bond donors (Lipinski definition) is 1. The number of hydrogen-bond acceptors (Lipinski definition) is 6. The summed E-state index contributed by atoms with van der Waals surface area (Å²) in [4.78, 5) is 36.1. The van der Waals surface area contributed by atoms with Crippen molar-refractivity contribution >= 4 is 33.5 Å². The first kappa shape index (κ1) is 20.5. The van der Waals surface area contributed by atoms with Crippen molar-refractivity contribution in [3.8, 4) is 11.5 Å². The lowest BCUT2D eigenvalue weighted by atomic mass is 10.2. The van der Waals surface area contributed by atoms with Crippen LogP contribution in [0, 0.1) is 5.82 Å². The molecule has 2 aromatic carbocycles. The molecule has 1 aromatic heterocycles. The molecule has 0 aliphatic rings. The van der Waals surface area contributed by atoms with E-state index in [1.165, 1.54) is 31.2 Å². The molecular formula is C19H15BrFN3O5. The highest BCUT2D eigenvalue weighted by atomic mass is 79.9. The quantitative estimate of drug-likeness (QED) is 0.563. The van der Waals surface area contributed by atoms with Crippen LogP contribution in [-0.2, 0) is 20.9 Å². The Morgan fingerprint density at radius 2 is 1.86 bits per heavy atom. The summed E-state index contributed by atoms with van der Waals surface area (Å²) in [6, 6.07) is 12.0. The molecule has 0 aliphatic heterocycles. The molecule has 0 spiro atoms. The Hall–Kier alpha value is -3.27. The van der Waals surface area contributed by atoms with Gasteiger partial charge in [-0.05, 0) is 55.5 Å². The zero-order valence-corrected chi connectivity index (χ0v) is 16.7. The molecule has 10 heteroatoms. The van der Waals surface area contributed by atoms with Crippen molar-refractivity contribution in [2.75, 3.05) is 5.32 Å². The first-order valence-corrected chi connectivity index (χ1v) is 9.21. The number of aromatic nitrogens is 2. The van der Waals surface area contributed by atoms with Gasteiger partial charge in [-0.1, -0.05) is 15.9 Å². The third-order valence-corrected chi connectivity index (χ3v) is 4.29. The molecule has 3 aromatic rings. The maximum Gasteiger partial charge on any atom is 0.437 e. The number of carbonyl (C=O) groups excluding carboxylic acids is 2. The van der Waals surface area contributed by atoms with E-state index in [4.69, 9.17) is 9.15 Å². The van der Waals surface area contributed by atoms with Crippen LogP contribution in [0.1, 0.15) is 6.92 Å². The lowest BCUT2D eigenvalue weighted by Crippen LogP contribution is -2.32. The van der Waals surface area contributed by atoms with Crippen molar-refractivity contribution in [2.24, 2.45) is 0 Å². The topological polar surface area (TPSA) is 103 Å². The fourth-order valence-corrected chi connectivity index (χ4v) is 2.57. The molecule has 0 bridgehead atoms. The van der Waals surface area contributed by atoms with E-state index in [2.05, 4.69) is 26.3 Å². The Morgan fingerprint density at radius 3 is 2.52 bits per heavy atom. The fourth-order valence-electron chi connectivity index (χ4n) is 2.30. The fraction of sp³-hybridized carbons (Fsp3) is 0.158. The van der Waals surface area contributed by atoms with Gasteiger partial charge < -0.3 is 14.5 Å². The summed E-state index contributed by atoms with van der Waals surface area (Å²) in [6.45, 7) is 0.862. The van der Waals surface area contributed by atoms with Crippen molar-refractivity contribution in [3.63, 3.8) is 0 Å². The highest BCUT2D eigenvalue weighted by Gasteiger charge is 2.20. The molecule has 3 rings (SSSR count). The molecule has 8 nitrogen and oxygen atoms in total. The van der Waals surface area contributed by atoms with Gasteiger partial charge in [0.05, 0.1) is 0 Å². The molecule has 0 saturated carbocycles. The zero-order chi connectivity index (χ0) is 21.0. The van der Waals surface area contributed by atoms with E-state index in [1.54, 1.807) is 24.3 Å². The number of anilines is 1. The average molecular weight is 464 g/mol. The van der Waals surface area contributed by atoms with Crippen LogP contribution >= 0.6 is 15.9 Å². The number of rotatable bonds is 6. The van der Waals surface area contributed by atoms with E-state index in [-0.39, 0.29) is 5.89 Å². The molecule has 0 radical (unpaired) electrons. The molecule has 1 heterocycles. The number of halogens is 2. The van der Waals surface area contributed by atoms with Gasteiger partial charge in [0.15, 0.2) is 6.10 Å². The SMILES string of the molecule is CC(OC(=O)Cn1nc(-c2ccc(F)cc2)oc1=O)C(=O)Nc1ccc(Br)cc1. The zero-order valence-electron chi connectivity index (χ0n) is 15.1. The summed E-state index contributed by atoms with van der Waals surface area (Å²) in [5, 5.41) is 6.50. The number of nitrogens with zero attached hydrogens (tertiary/aromatic N) is 2. The van der Waals surface area contributed by atoms with Crippen LogP contribution < -0.4 is 11.1 Å². The summed E-state index contributed by atoms with van der Waals surface area (Å²) in [5.74, 6) is -2.77. The Morgan fingerprint density at radius 1 is 1.21 bits per heavy atom. The molecule has 0 saturated heterocycles. The van der Waals surface area contributed by atoms with Crippen molar-refractivity contribution in [2.45, 2.75) is 19.6 Å². The van der Waals surface area contributed by atoms with Gasteiger partial charge in [-0.25, -0.2) is 9.18 Å². The first-order chi connectivity index (χ1) is 13.8. The third-order valence-electron chi connectivity index (χ3n) is 3.77. The Balaban J connectivity index is 1.60. The van der Waals surface area contributed by atoms with Gasteiger partial charge in [0.25, 0.3) is 5.91 Å². The normalized spacial score (nSPS) is 11.7. The Labute approximate surface area is 172 Å². The molecular weight excluding hydrogens is 449 g/mol. The van der Waals surface area contributed by atoms with Gasteiger partial charge in [-0.15, -0.1) is 5.10 Å². The smallest absolute Gasteiger partial charge is 0.437 e. The summed E-state index contributed by atoms with van der Waals surface area (Å²) >= 11 is 3.29. The minimum absolute atomic E-state index is 0.0659. The van der Waals surface area contributed by atoms with Gasteiger partial charge in [0.2, 0.25) is 5.89 Å². The molecule has 0 aliphatic carbocycles. The molecule has 29 heavy (non-hydrogen) atoms. The number of nitrogens with one attached hydrogen (secondary N) is 1. The highest BCUT2D eigenvalue weighted by molar-refractivity contribution is 9.10. The minimum atomic E-state index is -1.09. The van der Waals surface area contributed by atoms with E-state index < -0.39 is 36.1 Å². The van der Waals surface area contributed by atoms with Crippen molar-refractivity contribution in [1.29, 1.82) is 0 Å². The number of ether oxygens (including phenoxy) is 1. The lowest BCUT2D eigenvalue weighted by molar-refractivity contribution is -0.154. The Bertz CT molecular complexity index is 1080. The first-order valence-electron chi connectivity index (χ1n) is 8.41. The predicted octanol–water partition coefficient (Wildman–Crippen LogP) is 2.98. The standard InChI is InChI=1S/C19H15BrFN3O5/c1-11(17(26)22-15-8-4-13(20)5-9-15)28-16(25)10-24-19(27)29-18(23-24)12-2-6-14(21)7-3-12/h2-9,11H,10H2,1H3,(H,22,26). The van der Waals surface area contributed by atoms with E-state index in [9.17, 15) is 18.8 Å². The third kappa shape index (κ3) is 5.38. The summed E-state index contributed by atoms with van der Waals surface area (Å²) in [6.07, 6.45) is -1.09. The van der Waals surface area contributed by atoms with Crippen molar-refractivity contribution in [1.82, 2.24) is 9.78 Å². The molecule has 1 atom stereocenters. The van der Waals surface area contributed by atoms with Gasteiger partial charge in [-0.2, -0.15) is 4.68 Å². The second kappa shape index (κ2) is 8.82. The van der Waals surface area contributed by atoms with Gasteiger partial charge >= 0.3 is 11.7 Å². The number of carbonyl (C=O) groups is 2. The van der Waals surface area contributed by atoms with Crippen LogP contribution in [0.4, 0.5) is 10.1 Å².